The molecule has 0 saturated heterocycles. The van der Waals surface area contributed by atoms with E-state index in [0.717, 1.165) is 12.1 Å². The molecule has 0 atom stereocenters. The van der Waals surface area contributed by atoms with Crippen LogP contribution in [0.1, 0.15) is 17.6 Å². The third-order valence-corrected chi connectivity index (χ3v) is 2.04. The third kappa shape index (κ3) is 2.34. The van der Waals surface area contributed by atoms with Gasteiger partial charge in [0.05, 0.1) is 6.61 Å². The van der Waals surface area contributed by atoms with Gasteiger partial charge in [0.15, 0.2) is 11.6 Å². The van der Waals surface area contributed by atoms with Crippen LogP contribution in [0.2, 0.25) is 0 Å². The first-order valence-electron chi connectivity index (χ1n) is 5.08. The van der Waals surface area contributed by atoms with Gasteiger partial charge in [0.1, 0.15) is 0 Å². The molecule has 2 aromatic rings. The molecule has 18 heavy (non-hydrogen) atoms. The van der Waals surface area contributed by atoms with Gasteiger partial charge in [-0.05, 0) is 25.1 Å². The van der Waals surface area contributed by atoms with E-state index in [2.05, 4.69) is 14.9 Å². The number of rotatable bonds is 3. The molecule has 1 aromatic carbocycles. The summed E-state index contributed by atoms with van der Waals surface area (Å²) in [4.78, 5) is 11.3. The fourth-order valence-corrected chi connectivity index (χ4v) is 1.24. The van der Waals surface area contributed by atoms with Gasteiger partial charge >= 0.3 is 11.9 Å². The first-order valence-corrected chi connectivity index (χ1v) is 5.08. The number of hydrogen-bond acceptors (Lipinski definition) is 5. The Hall–Kier alpha value is -2.31. The molecule has 0 aliphatic carbocycles. The van der Waals surface area contributed by atoms with Crippen LogP contribution in [0.15, 0.2) is 22.6 Å². The van der Waals surface area contributed by atoms with Crippen molar-refractivity contribution in [2.75, 3.05) is 6.61 Å². The smallest absolute Gasteiger partial charge is 0.396 e. The van der Waals surface area contributed by atoms with E-state index in [1.165, 1.54) is 6.07 Å². The molecule has 0 saturated carbocycles. The zero-order valence-corrected chi connectivity index (χ0v) is 9.31. The Morgan fingerprint density at radius 2 is 2.11 bits per heavy atom. The van der Waals surface area contributed by atoms with Crippen LogP contribution in [-0.4, -0.2) is 22.8 Å². The standard InChI is InChI=1S/C11H8F2N2O3/c1-2-17-11(16)10-15-14-9(18-10)6-3-4-7(12)8(13)5-6/h3-5H,2H2,1H3. The van der Waals surface area contributed by atoms with Gasteiger partial charge in [0, 0.05) is 5.56 Å². The summed E-state index contributed by atoms with van der Waals surface area (Å²) in [6.45, 7) is 1.80. The lowest BCUT2D eigenvalue weighted by atomic mass is 10.2. The monoisotopic (exact) mass is 254 g/mol. The maximum atomic E-state index is 13.0. The summed E-state index contributed by atoms with van der Waals surface area (Å²) in [5.41, 5.74) is 0.178. The number of halogens is 2. The van der Waals surface area contributed by atoms with Crippen LogP contribution in [0, 0.1) is 11.6 Å². The van der Waals surface area contributed by atoms with Crippen LogP contribution >= 0.6 is 0 Å². The molecule has 2 rings (SSSR count). The number of esters is 1. The predicted octanol–water partition coefficient (Wildman–Crippen LogP) is 2.19. The van der Waals surface area contributed by atoms with E-state index in [0.29, 0.717) is 0 Å². The molecule has 0 fully saturated rings. The van der Waals surface area contributed by atoms with Crippen LogP contribution in [0.3, 0.4) is 0 Å². The summed E-state index contributed by atoms with van der Waals surface area (Å²) in [6.07, 6.45) is 0. The zero-order chi connectivity index (χ0) is 13.1. The first-order chi connectivity index (χ1) is 8.61. The Bertz CT molecular complexity index is 583. The summed E-state index contributed by atoms with van der Waals surface area (Å²) in [5, 5.41) is 7.01. The average molecular weight is 254 g/mol. The SMILES string of the molecule is CCOC(=O)c1nnc(-c2ccc(F)c(F)c2)o1. The molecule has 0 radical (unpaired) electrons. The van der Waals surface area contributed by atoms with Crippen LogP contribution in [0.5, 0.6) is 0 Å². The molecule has 5 nitrogen and oxygen atoms in total. The van der Waals surface area contributed by atoms with Crippen molar-refractivity contribution in [1.29, 1.82) is 0 Å². The Morgan fingerprint density at radius 1 is 1.33 bits per heavy atom. The van der Waals surface area contributed by atoms with E-state index in [1.54, 1.807) is 6.92 Å². The lowest BCUT2D eigenvalue weighted by Gasteiger charge is -1.96. The molecule has 0 aliphatic rings. The van der Waals surface area contributed by atoms with Crippen LogP contribution < -0.4 is 0 Å². The highest BCUT2D eigenvalue weighted by atomic mass is 19.2. The molecule has 1 heterocycles. The predicted molar refractivity (Wildman–Crippen MR) is 55.6 cm³/mol. The number of carbonyl (C=O) groups excluding carboxylic acids is 1. The van der Waals surface area contributed by atoms with Gasteiger partial charge in [-0.1, -0.05) is 0 Å². The lowest BCUT2D eigenvalue weighted by molar-refractivity contribution is 0.0481. The largest absolute Gasteiger partial charge is 0.459 e. The van der Waals surface area contributed by atoms with Gasteiger partial charge < -0.3 is 9.15 Å². The molecule has 7 heteroatoms. The third-order valence-electron chi connectivity index (χ3n) is 2.04. The summed E-state index contributed by atoms with van der Waals surface area (Å²) >= 11 is 0. The van der Waals surface area contributed by atoms with Gasteiger partial charge in [-0.3, -0.25) is 0 Å². The van der Waals surface area contributed by atoms with Crippen molar-refractivity contribution in [1.82, 2.24) is 10.2 Å². The van der Waals surface area contributed by atoms with Gasteiger partial charge in [-0.2, -0.15) is 0 Å². The molecule has 0 spiro atoms. The Morgan fingerprint density at radius 3 is 2.78 bits per heavy atom. The Kier molecular flexibility index (Phi) is 3.31. The molecular weight excluding hydrogens is 246 g/mol. The lowest BCUT2D eigenvalue weighted by Crippen LogP contribution is -2.04. The molecular formula is C11H8F2N2O3. The second-order valence-electron chi connectivity index (χ2n) is 3.26. The molecule has 94 valence electrons. The topological polar surface area (TPSA) is 65.2 Å². The second-order valence-corrected chi connectivity index (χ2v) is 3.26. The maximum Gasteiger partial charge on any atom is 0.396 e. The Balaban J connectivity index is 2.29. The van der Waals surface area contributed by atoms with Crippen molar-refractivity contribution >= 4 is 5.97 Å². The molecule has 0 amide bonds. The number of ether oxygens (including phenoxy) is 1. The van der Waals surface area contributed by atoms with Gasteiger partial charge in [-0.25, -0.2) is 13.6 Å². The summed E-state index contributed by atoms with van der Waals surface area (Å²) in [5.74, 6) is -3.21. The Labute approximate surface area is 100 Å². The van der Waals surface area contributed by atoms with Crippen molar-refractivity contribution in [2.45, 2.75) is 6.92 Å². The van der Waals surface area contributed by atoms with Crippen LogP contribution in [0.25, 0.3) is 11.5 Å². The first kappa shape index (κ1) is 12.2. The quantitative estimate of drug-likeness (QED) is 0.785. The summed E-state index contributed by atoms with van der Waals surface area (Å²) < 4.78 is 35.4. The van der Waals surface area contributed by atoms with Crippen molar-refractivity contribution < 1.29 is 22.7 Å². The van der Waals surface area contributed by atoms with Crippen molar-refractivity contribution in [3.63, 3.8) is 0 Å². The van der Waals surface area contributed by atoms with Gasteiger partial charge in [-0.15, -0.1) is 10.2 Å². The minimum absolute atomic E-state index is 0.0862. The second kappa shape index (κ2) is 4.91. The zero-order valence-electron chi connectivity index (χ0n) is 9.31. The van der Waals surface area contributed by atoms with Crippen LogP contribution in [-0.2, 0) is 4.74 Å². The molecule has 1 aromatic heterocycles. The number of aromatic nitrogens is 2. The highest BCUT2D eigenvalue weighted by Gasteiger charge is 2.17. The van der Waals surface area contributed by atoms with E-state index < -0.39 is 17.6 Å². The van der Waals surface area contributed by atoms with E-state index >= 15 is 0 Å². The number of benzene rings is 1. The van der Waals surface area contributed by atoms with Gasteiger partial charge in [0.25, 0.3) is 0 Å². The van der Waals surface area contributed by atoms with Gasteiger partial charge in [0.2, 0.25) is 5.89 Å². The fraction of sp³-hybridized carbons (Fsp3) is 0.182. The molecule has 0 N–H and O–H groups in total. The summed E-state index contributed by atoms with van der Waals surface area (Å²) in [6, 6.07) is 3.09. The van der Waals surface area contributed by atoms with E-state index in [-0.39, 0.29) is 24.0 Å². The summed E-state index contributed by atoms with van der Waals surface area (Å²) in [7, 11) is 0. The number of nitrogens with zero attached hydrogens (tertiary/aromatic N) is 2. The van der Waals surface area contributed by atoms with E-state index in [9.17, 15) is 13.6 Å². The van der Waals surface area contributed by atoms with E-state index in [1.807, 2.05) is 0 Å². The number of carbonyl (C=O) groups is 1. The molecule has 0 aliphatic heterocycles. The maximum absolute atomic E-state index is 13.0. The fourth-order valence-electron chi connectivity index (χ4n) is 1.24. The van der Waals surface area contributed by atoms with Crippen LogP contribution in [0.4, 0.5) is 8.78 Å². The number of hydrogen-bond donors (Lipinski definition) is 0. The normalized spacial score (nSPS) is 10.4. The highest BCUT2D eigenvalue weighted by Crippen LogP contribution is 2.20. The van der Waals surface area contributed by atoms with Crippen molar-refractivity contribution in [3.05, 3.63) is 35.7 Å². The minimum Gasteiger partial charge on any atom is -0.459 e. The average Bonchev–Trinajstić information content (AvgIpc) is 2.82. The van der Waals surface area contributed by atoms with E-state index in [4.69, 9.17) is 4.42 Å². The van der Waals surface area contributed by atoms with Crippen molar-refractivity contribution in [3.8, 4) is 11.5 Å². The van der Waals surface area contributed by atoms with Crippen molar-refractivity contribution in [2.24, 2.45) is 0 Å². The molecule has 0 bridgehead atoms. The minimum atomic E-state index is -1.04. The highest BCUT2D eigenvalue weighted by molar-refractivity contribution is 5.84. The molecule has 0 unspecified atom stereocenters.